The molecule has 2 amide bonds. The molecule has 2 heterocycles. The second kappa shape index (κ2) is 7.76. The summed E-state index contributed by atoms with van der Waals surface area (Å²) in [6, 6.07) is 13.3. The Kier molecular flexibility index (Phi) is 5.25. The first kappa shape index (κ1) is 16.9. The zero-order valence-electron chi connectivity index (χ0n) is 13.7. The van der Waals surface area contributed by atoms with Crippen molar-refractivity contribution in [2.75, 3.05) is 6.54 Å². The minimum atomic E-state index is -0.225. The van der Waals surface area contributed by atoms with Gasteiger partial charge in [0.2, 0.25) is 5.91 Å². The van der Waals surface area contributed by atoms with E-state index in [0.717, 1.165) is 16.1 Å². The van der Waals surface area contributed by atoms with E-state index in [1.54, 1.807) is 16.9 Å². The summed E-state index contributed by atoms with van der Waals surface area (Å²) in [6.07, 6.45) is 3.59. The summed E-state index contributed by atoms with van der Waals surface area (Å²) in [6.45, 7) is 2.30. The zero-order valence-corrected chi connectivity index (χ0v) is 14.5. The van der Waals surface area contributed by atoms with E-state index in [1.165, 1.54) is 11.3 Å². The third-order valence-corrected chi connectivity index (χ3v) is 4.57. The van der Waals surface area contributed by atoms with Crippen molar-refractivity contribution in [3.8, 4) is 5.69 Å². The molecule has 0 spiro atoms. The van der Waals surface area contributed by atoms with Crippen molar-refractivity contribution in [3.05, 3.63) is 70.2 Å². The highest BCUT2D eigenvalue weighted by molar-refractivity contribution is 7.13. The van der Waals surface area contributed by atoms with Crippen LogP contribution in [-0.4, -0.2) is 28.1 Å². The first-order chi connectivity index (χ1) is 12.1. The minimum absolute atomic E-state index is 0.0405. The van der Waals surface area contributed by atoms with Crippen LogP contribution in [0.15, 0.2) is 54.9 Å². The van der Waals surface area contributed by atoms with E-state index in [4.69, 9.17) is 0 Å². The van der Waals surface area contributed by atoms with Crippen LogP contribution in [0, 0.1) is 6.92 Å². The number of nitrogens with zero attached hydrogens (tertiary/aromatic N) is 2. The number of amides is 2. The molecule has 6 nitrogen and oxygen atoms in total. The van der Waals surface area contributed by atoms with E-state index in [0.29, 0.717) is 11.4 Å². The number of carbonyl (C=O) groups excluding carboxylic acids is 2. The van der Waals surface area contributed by atoms with E-state index < -0.39 is 0 Å². The van der Waals surface area contributed by atoms with Gasteiger partial charge < -0.3 is 10.6 Å². The molecular weight excluding hydrogens is 336 g/mol. The molecule has 0 radical (unpaired) electrons. The quantitative estimate of drug-likeness (QED) is 0.713. The molecule has 1 aromatic carbocycles. The SMILES string of the molecule is Cc1ccc(C(=O)NCC(=O)NCc2ccc(-n3cccn3)cc2)s1. The molecule has 128 valence electrons. The molecule has 7 heteroatoms. The molecular formula is C18H18N4O2S. The van der Waals surface area contributed by atoms with Crippen LogP contribution in [0.5, 0.6) is 0 Å². The first-order valence-electron chi connectivity index (χ1n) is 7.82. The van der Waals surface area contributed by atoms with Gasteiger partial charge in [-0.05, 0) is 42.8 Å². The molecule has 0 unspecified atom stereocenters. The molecule has 0 aliphatic carbocycles. The standard InChI is InChI=1S/C18H18N4O2S/c1-13-3-8-16(25-13)18(24)20-12-17(23)19-11-14-4-6-15(7-5-14)22-10-2-9-21-22/h2-10H,11-12H2,1H3,(H,19,23)(H,20,24). The summed E-state index contributed by atoms with van der Waals surface area (Å²) in [5.41, 5.74) is 1.93. The van der Waals surface area contributed by atoms with Crippen molar-refractivity contribution in [3.63, 3.8) is 0 Å². The maximum Gasteiger partial charge on any atom is 0.261 e. The Hall–Kier alpha value is -2.93. The van der Waals surface area contributed by atoms with Gasteiger partial charge in [0, 0.05) is 23.8 Å². The van der Waals surface area contributed by atoms with Crippen LogP contribution in [0.3, 0.4) is 0 Å². The molecule has 3 rings (SSSR count). The normalized spacial score (nSPS) is 10.4. The fourth-order valence-electron chi connectivity index (χ4n) is 2.26. The van der Waals surface area contributed by atoms with Crippen molar-refractivity contribution < 1.29 is 9.59 Å². The van der Waals surface area contributed by atoms with Crippen LogP contribution < -0.4 is 10.6 Å². The van der Waals surface area contributed by atoms with Crippen molar-refractivity contribution in [2.45, 2.75) is 13.5 Å². The van der Waals surface area contributed by atoms with Gasteiger partial charge in [-0.3, -0.25) is 9.59 Å². The van der Waals surface area contributed by atoms with Crippen LogP contribution in [0.25, 0.3) is 5.69 Å². The number of hydrogen-bond acceptors (Lipinski definition) is 4. The van der Waals surface area contributed by atoms with Gasteiger partial charge in [0.1, 0.15) is 0 Å². The van der Waals surface area contributed by atoms with Crippen LogP contribution in [-0.2, 0) is 11.3 Å². The molecule has 3 aromatic rings. The topological polar surface area (TPSA) is 76.0 Å². The lowest BCUT2D eigenvalue weighted by Crippen LogP contribution is -2.36. The summed E-state index contributed by atoms with van der Waals surface area (Å²) in [5, 5.41) is 9.58. The maximum atomic E-state index is 11.9. The Morgan fingerprint density at radius 1 is 1.12 bits per heavy atom. The number of aryl methyl sites for hydroxylation is 1. The van der Waals surface area contributed by atoms with Crippen molar-refractivity contribution in [2.24, 2.45) is 0 Å². The third-order valence-electron chi connectivity index (χ3n) is 3.57. The van der Waals surface area contributed by atoms with Crippen molar-refractivity contribution in [1.29, 1.82) is 0 Å². The number of aromatic nitrogens is 2. The molecule has 25 heavy (non-hydrogen) atoms. The Morgan fingerprint density at radius 2 is 1.92 bits per heavy atom. The molecule has 0 fully saturated rings. The highest BCUT2D eigenvalue weighted by Gasteiger charge is 2.09. The largest absolute Gasteiger partial charge is 0.350 e. The van der Waals surface area contributed by atoms with E-state index in [9.17, 15) is 9.59 Å². The van der Waals surface area contributed by atoms with Crippen LogP contribution in [0.2, 0.25) is 0 Å². The average molecular weight is 354 g/mol. The smallest absolute Gasteiger partial charge is 0.261 e. The van der Waals surface area contributed by atoms with Gasteiger partial charge in [-0.1, -0.05) is 12.1 Å². The summed E-state index contributed by atoms with van der Waals surface area (Å²) in [7, 11) is 0. The van der Waals surface area contributed by atoms with Gasteiger partial charge in [0.05, 0.1) is 17.1 Å². The van der Waals surface area contributed by atoms with E-state index >= 15 is 0 Å². The van der Waals surface area contributed by atoms with Crippen LogP contribution in [0.1, 0.15) is 20.1 Å². The highest BCUT2D eigenvalue weighted by Crippen LogP contribution is 2.14. The van der Waals surface area contributed by atoms with Crippen molar-refractivity contribution in [1.82, 2.24) is 20.4 Å². The molecule has 0 atom stereocenters. The molecule has 2 aromatic heterocycles. The second-order valence-electron chi connectivity index (χ2n) is 5.49. The number of nitrogens with one attached hydrogen (secondary N) is 2. The molecule has 2 N–H and O–H groups in total. The maximum absolute atomic E-state index is 11.9. The van der Waals surface area contributed by atoms with Gasteiger partial charge >= 0.3 is 0 Å². The Morgan fingerprint density at radius 3 is 2.56 bits per heavy atom. The molecule has 0 bridgehead atoms. The van der Waals surface area contributed by atoms with E-state index in [1.807, 2.05) is 49.5 Å². The molecule has 0 saturated heterocycles. The average Bonchev–Trinajstić information content (AvgIpc) is 3.30. The first-order valence-corrected chi connectivity index (χ1v) is 8.64. The monoisotopic (exact) mass is 354 g/mol. The molecule has 0 aliphatic rings. The Bertz CT molecular complexity index is 854. The number of thiophene rings is 1. The van der Waals surface area contributed by atoms with Crippen LogP contribution in [0.4, 0.5) is 0 Å². The fraction of sp³-hybridized carbons (Fsp3) is 0.167. The van der Waals surface area contributed by atoms with Gasteiger partial charge in [-0.15, -0.1) is 11.3 Å². The second-order valence-corrected chi connectivity index (χ2v) is 6.77. The number of benzene rings is 1. The van der Waals surface area contributed by atoms with Crippen molar-refractivity contribution >= 4 is 23.2 Å². The molecule has 0 aliphatic heterocycles. The predicted octanol–water partition coefficient (Wildman–Crippen LogP) is 2.29. The van der Waals surface area contributed by atoms with E-state index in [-0.39, 0.29) is 18.4 Å². The van der Waals surface area contributed by atoms with Gasteiger partial charge in [0.25, 0.3) is 5.91 Å². The van der Waals surface area contributed by atoms with E-state index in [2.05, 4.69) is 15.7 Å². The summed E-state index contributed by atoms with van der Waals surface area (Å²) < 4.78 is 1.77. The number of rotatable bonds is 6. The molecule has 0 saturated carbocycles. The summed E-state index contributed by atoms with van der Waals surface area (Å²) >= 11 is 1.41. The lowest BCUT2D eigenvalue weighted by atomic mass is 10.2. The lowest BCUT2D eigenvalue weighted by Gasteiger charge is -2.07. The van der Waals surface area contributed by atoms with Gasteiger partial charge in [-0.25, -0.2) is 4.68 Å². The lowest BCUT2D eigenvalue weighted by molar-refractivity contribution is -0.120. The van der Waals surface area contributed by atoms with Gasteiger partial charge in [-0.2, -0.15) is 5.10 Å². The minimum Gasteiger partial charge on any atom is -0.350 e. The highest BCUT2D eigenvalue weighted by atomic mass is 32.1. The van der Waals surface area contributed by atoms with Gasteiger partial charge in [0.15, 0.2) is 0 Å². The summed E-state index contributed by atoms with van der Waals surface area (Å²) in [4.78, 5) is 25.4. The third kappa shape index (κ3) is 4.54. The fourth-order valence-corrected chi connectivity index (χ4v) is 3.04. The summed E-state index contributed by atoms with van der Waals surface area (Å²) in [5.74, 6) is -0.449. The Balaban J connectivity index is 1.45. The zero-order chi connectivity index (χ0) is 17.6. The number of carbonyl (C=O) groups is 2. The Labute approximate surface area is 149 Å². The predicted molar refractivity (Wildman–Crippen MR) is 96.8 cm³/mol. The number of hydrogen-bond donors (Lipinski definition) is 2. The van der Waals surface area contributed by atoms with Crippen LogP contribution >= 0.6 is 11.3 Å².